The summed E-state index contributed by atoms with van der Waals surface area (Å²) in [7, 11) is 1.95. The first-order chi connectivity index (χ1) is 9.63. The van der Waals surface area contributed by atoms with E-state index in [-0.39, 0.29) is 0 Å². The van der Waals surface area contributed by atoms with Gasteiger partial charge in [0.05, 0.1) is 11.9 Å². The Hall–Kier alpha value is -1.87. The molecular formula is C17H22N2O. The van der Waals surface area contributed by atoms with Crippen LogP contribution in [0.4, 0.5) is 0 Å². The number of aromatic nitrogens is 1. The van der Waals surface area contributed by atoms with Crippen LogP contribution in [0.1, 0.15) is 36.2 Å². The second-order valence-electron chi connectivity index (χ2n) is 5.04. The highest BCUT2D eigenvalue weighted by molar-refractivity contribution is 5.39. The number of aryl methyl sites for hydroxylation is 2. The monoisotopic (exact) mass is 270 g/mol. The Bertz CT molecular complexity index is 560. The lowest BCUT2D eigenvalue weighted by molar-refractivity contribution is 0.473. The molecule has 3 heteroatoms. The molecule has 0 bridgehead atoms. The zero-order chi connectivity index (χ0) is 14.5. The van der Waals surface area contributed by atoms with Crippen LogP contribution in [-0.2, 0) is 0 Å². The Labute approximate surface area is 121 Å². The molecule has 1 N–H and O–H groups in total. The van der Waals surface area contributed by atoms with Crippen LogP contribution in [0.25, 0.3) is 0 Å². The molecule has 2 rings (SSSR count). The average molecular weight is 270 g/mol. The number of ether oxygens (including phenoxy) is 1. The molecular weight excluding hydrogens is 248 g/mol. The van der Waals surface area contributed by atoms with E-state index in [0.717, 1.165) is 29.2 Å². The number of rotatable bonds is 5. The van der Waals surface area contributed by atoms with Crippen molar-refractivity contribution in [2.45, 2.75) is 33.2 Å². The first kappa shape index (κ1) is 14.5. The molecule has 0 amide bonds. The van der Waals surface area contributed by atoms with Crippen molar-refractivity contribution in [3.8, 4) is 11.5 Å². The first-order valence-electron chi connectivity index (χ1n) is 7.02. The largest absolute Gasteiger partial charge is 0.455 e. The van der Waals surface area contributed by atoms with Crippen LogP contribution in [0.3, 0.4) is 0 Å². The highest BCUT2D eigenvalue weighted by Crippen LogP contribution is 2.26. The molecule has 1 atom stereocenters. The summed E-state index contributed by atoms with van der Waals surface area (Å²) in [6.07, 6.45) is 2.80. The Morgan fingerprint density at radius 1 is 1.20 bits per heavy atom. The number of hydrogen-bond donors (Lipinski definition) is 1. The summed E-state index contributed by atoms with van der Waals surface area (Å²) < 4.78 is 5.88. The molecule has 0 saturated carbocycles. The van der Waals surface area contributed by atoms with Gasteiger partial charge in [0.2, 0.25) is 0 Å². The summed E-state index contributed by atoms with van der Waals surface area (Å²) in [5.74, 6) is 1.65. The second-order valence-corrected chi connectivity index (χ2v) is 5.04. The molecule has 1 heterocycles. The lowest BCUT2D eigenvalue weighted by Crippen LogP contribution is -2.16. The van der Waals surface area contributed by atoms with Crippen molar-refractivity contribution in [2.24, 2.45) is 0 Å². The van der Waals surface area contributed by atoms with E-state index in [4.69, 9.17) is 4.74 Å². The van der Waals surface area contributed by atoms with Crippen LogP contribution in [0.5, 0.6) is 11.5 Å². The van der Waals surface area contributed by atoms with Gasteiger partial charge >= 0.3 is 0 Å². The maximum atomic E-state index is 5.88. The summed E-state index contributed by atoms with van der Waals surface area (Å²) in [5.41, 5.74) is 3.42. The predicted molar refractivity (Wildman–Crippen MR) is 82.3 cm³/mol. The van der Waals surface area contributed by atoms with Crippen molar-refractivity contribution in [3.63, 3.8) is 0 Å². The fourth-order valence-electron chi connectivity index (χ4n) is 2.26. The summed E-state index contributed by atoms with van der Waals surface area (Å²) in [6, 6.07) is 10.5. The molecule has 0 aliphatic carbocycles. The van der Waals surface area contributed by atoms with Gasteiger partial charge in [-0.1, -0.05) is 24.6 Å². The molecule has 0 saturated heterocycles. The maximum absolute atomic E-state index is 5.88. The third-order valence-corrected chi connectivity index (χ3v) is 3.43. The van der Waals surface area contributed by atoms with Crippen LogP contribution in [0, 0.1) is 13.8 Å². The van der Waals surface area contributed by atoms with Crippen LogP contribution in [0.15, 0.2) is 36.5 Å². The predicted octanol–water partition coefficient (Wildman–Crippen LogP) is 4.16. The summed E-state index contributed by atoms with van der Waals surface area (Å²) in [4.78, 5) is 4.48. The molecule has 0 radical (unpaired) electrons. The highest BCUT2D eigenvalue weighted by Gasteiger charge is 2.08. The Balaban J connectivity index is 2.14. The summed E-state index contributed by atoms with van der Waals surface area (Å²) in [5, 5.41) is 3.25. The molecule has 0 aliphatic heterocycles. The lowest BCUT2D eigenvalue weighted by Gasteiger charge is -2.14. The minimum absolute atomic E-state index is 0.296. The average Bonchev–Trinajstić information content (AvgIpc) is 2.45. The molecule has 1 unspecified atom stereocenters. The first-order valence-corrected chi connectivity index (χ1v) is 7.02. The minimum atomic E-state index is 0.296. The SMILES string of the molecule is CCC(NC)c1ccc(Oc2ccc(C)cc2C)cn1. The normalized spacial score (nSPS) is 12.2. The van der Waals surface area contributed by atoms with Crippen molar-refractivity contribution in [3.05, 3.63) is 53.3 Å². The number of hydrogen-bond acceptors (Lipinski definition) is 3. The van der Waals surface area contributed by atoms with E-state index >= 15 is 0 Å². The zero-order valence-electron chi connectivity index (χ0n) is 12.6. The Morgan fingerprint density at radius 3 is 2.55 bits per heavy atom. The van der Waals surface area contributed by atoms with Gasteiger partial charge in [0.25, 0.3) is 0 Å². The zero-order valence-corrected chi connectivity index (χ0v) is 12.6. The third-order valence-electron chi connectivity index (χ3n) is 3.43. The van der Waals surface area contributed by atoms with Crippen molar-refractivity contribution < 1.29 is 4.74 Å². The number of nitrogens with one attached hydrogen (secondary N) is 1. The third kappa shape index (κ3) is 3.36. The van der Waals surface area contributed by atoms with Gasteiger partial charge in [0.1, 0.15) is 11.5 Å². The van der Waals surface area contributed by atoms with Crippen molar-refractivity contribution in [1.29, 1.82) is 0 Å². The van der Waals surface area contributed by atoms with E-state index in [1.807, 2.05) is 25.2 Å². The molecule has 0 aliphatic rings. The maximum Gasteiger partial charge on any atom is 0.145 e. The second kappa shape index (κ2) is 6.53. The number of nitrogens with zero attached hydrogens (tertiary/aromatic N) is 1. The van der Waals surface area contributed by atoms with Crippen molar-refractivity contribution in [1.82, 2.24) is 10.3 Å². The van der Waals surface area contributed by atoms with Gasteiger partial charge in [-0.3, -0.25) is 4.98 Å². The van der Waals surface area contributed by atoms with E-state index in [0.29, 0.717) is 6.04 Å². The highest BCUT2D eigenvalue weighted by atomic mass is 16.5. The molecule has 3 nitrogen and oxygen atoms in total. The van der Waals surface area contributed by atoms with Gasteiger partial charge in [0, 0.05) is 6.04 Å². The Kier molecular flexibility index (Phi) is 4.74. The van der Waals surface area contributed by atoms with Crippen molar-refractivity contribution in [2.75, 3.05) is 7.05 Å². The molecule has 106 valence electrons. The van der Waals surface area contributed by atoms with Gasteiger partial charge in [-0.15, -0.1) is 0 Å². The summed E-state index contributed by atoms with van der Waals surface area (Å²) >= 11 is 0. The van der Waals surface area contributed by atoms with Gasteiger partial charge in [-0.25, -0.2) is 0 Å². The molecule has 20 heavy (non-hydrogen) atoms. The summed E-state index contributed by atoms with van der Waals surface area (Å²) in [6.45, 7) is 6.27. The van der Waals surface area contributed by atoms with E-state index in [2.05, 4.69) is 43.2 Å². The van der Waals surface area contributed by atoms with E-state index in [1.54, 1.807) is 6.20 Å². The quantitative estimate of drug-likeness (QED) is 0.885. The van der Waals surface area contributed by atoms with Crippen LogP contribution >= 0.6 is 0 Å². The van der Waals surface area contributed by atoms with Gasteiger partial charge in [-0.2, -0.15) is 0 Å². The molecule has 1 aromatic carbocycles. The topological polar surface area (TPSA) is 34.1 Å². The smallest absolute Gasteiger partial charge is 0.145 e. The lowest BCUT2D eigenvalue weighted by atomic mass is 10.1. The minimum Gasteiger partial charge on any atom is -0.455 e. The number of benzene rings is 1. The number of pyridine rings is 1. The van der Waals surface area contributed by atoms with Gasteiger partial charge in [0.15, 0.2) is 0 Å². The molecule has 0 spiro atoms. The van der Waals surface area contributed by atoms with E-state index in [1.165, 1.54) is 5.56 Å². The molecule has 1 aromatic heterocycles. The molecule has 0 fully saturated rings. The van der Waals surface area contributed by atoms with Gasteiger partial charge in [-0.05, 0) is 51.1 Å². The molecule has 2 aromatic rings. The van der Waals surface area contributed by atoms with Crippen LogP contribution < -0.4 is 10.1 Å². The standard InChI is InChI=1S/C17H22N2O/c1-5-15(18-4)16-8-7-14(11-19-16)20-17-9-6-12(2)10-13(17)3/h6-11,15,18H,5H2,1-4H3. The van der Waals surface area contributed by atoms with E-state index in [9.17, 15) is 0 Å². The van der Waals surface area contributed by atoms with E-state index < -0.39 is 0 Å². The fourth-order valence-corrected chi connectivity index (χ4v) is 2.26. The van der Waals surface area contributed by atoms with Gasteiger partial charge < -0.3 is 10.1 Å². The van der Waals surface area contributed by atoms with Crippen LogP contribution in [-0.4, -0.2) is 12.0 Å². The van der Waals surface area contributed by atoms with Crippen molar-refractivity contribution >= 4 is 0 Å². The van der Waals surface area contributed by atoms with Crippen LogP contribution in [0.2, 0.25) is 0 Å². The fraction of sp³-hybridized carbons (Fsp3) is 0.353. The Morgan fingerprint density at radius 2 is 2.00 bits per heavy atom.